The van der Waals surface area contributed by atoms with Crippen LogP contribution in [0.25, 0.3) is 0 Å². The first-order valence-corrected chi connectivity index (χ1v) is 4.13. The van der Waals surface area contributed by atoms with E-state index in [1.807, 2.05) is 0 Å². The van der Waals surface area contributed by atoms with Crippen molar-refractivity contribution in [1.82, 2.24) is 15.6 Å². The third kappa shape index (κ3) is 2.85. The summed E-state index contributed by atoms with van der Waals surface area (Å²) >= 11 is 0. The van der Waals surface area contributed by atoms with Crippen LogP contribution in [0, 0.1) is 0 Å². The number of hydrogen-bond donors (Lipinski definition) is 2. The topological polar surface area (TPSA) is 71.1 Å². The molecule has 2 N–H and O–H groups in total. The highest BCUT2D eigenvalue weighted by Gasteiger charge is 2.06. The molecule has 5 heteroatoms. The number of carbonyl (C=O) groups is 2. The molecule has 74 valence electrons. The molecule has 1 heterocycles. The van der Waals surface area contributed by atoms with Gasteiger partial charge in [-0.1, -0.05) is 0 Å². The van der Waals surface area contributed by atoms with Crippen molar-refractivity contribution in [1.29, 1.82) is 0 Å². The molecule has 0 aliphatic heterocycles. The lowest BCUT2D eigenvalue weighted by Gasteiger charge is -2.02. The molecule has 1 aromatic heterocycles. The van der Waals surface area contributed by atoms with E-state index in [4.69, 9.17) is 0 Å². The summed E-state index contributed by atoms with van der Waals surface area (Å²) in [6, 6.07) is 2.95. The predicted octanol–water partition coefficient (Wildman–Crippen LogP) is 0.193. The number of rotatable bonds is 3. The number of nitrogens with zero attached hydrogens (tertiary/aromatic N) is 1. The second kappa shape index (κ2) is 4.96. The van der Waals surface area contributed by atoms with Gasteiger partial charge in [0.15, 0.2) is 5.78 Å². The molecule has 0 radical (unpaired) electrons. The molecule has 0 unspecified atom stereocenters. The van der Waals surface area contributed by atoms with Crippen LogP contribution in [0.5, 0.6) is 0 Å². The summed E-state index contributed by atoms with van der Waals surface area (Å²) in [5, 5.41) is 4.76. The third-order valence-electron chi connectivity index (χ3n) is 1.62. The second-order valence-corrected chi connectivity index (χ2v) is 2.60. The fraction of sp³-hybridized carbons (Fsp3) is 0.222. The molecule has 14 heavy (non-hydrogen) atoms. The highest BCUT2D eigenvalue weighted by atomic mass is 16.2. The van der Waals surface area contributed by atoms with Gasteiger partial charge in [-0.25, -0.2) is 4.79 Å². The average Bonchev–Trinajstić information content (AvgIpc) is 2.26. The monoisotopic (exact) mass is 193 g/mol. The van der Waals surface area contributed by atoms with E-state index in [9.17, 15) is 9.59 Å². The van der Waals surface area contributed by atoms with Gasteiger partial charge in [-0.15, -0.1) is 0 Å². The van der Waals surface area contributed by atoms with Gasteiger partial charge in [-0.05, 0) is 12.1 Å². The maximum absolute atomic E-state index is 11.4. The van der Waals surface area contributed by atoms with E-state index in [0.717, 1.165) is 0 Å². The largest absolute Gasteiger partial charge is 0.341 e. The molecule has 0 atom stereocenters. The number of nitrogens with one attached hydrogen (secondary N) is 2. The highest BCUT2D eigenvalue weighted by Crippen LogP contribution is 1.95. The Kier molecular flexibility index (Phi) is 3.60. The Labute approximate surface area is 81.5 Å². The standard InChI is InChI=1S/C9H11N3O2/c1-10-9(14)12-6-8(13)7-3-2-4-11-5-7/h2-5H,6H2,1H3,(H2,10,12,14). The van der Waals surface area contributed by atoms with Crippen LogP contribution in [0.2, 0.25) is 0 Å². The molecule has 0 aliphatic rings. The Morgan fingerprint density at radius 3 is 2.86 bits per heavy atom. The van der Waals surface area contributed by atoms with Gasteiger partial charge in [-0.2, -0.15) is 0 Å². The summed E-state index contributed by atoms with van der Waals surface area (Å²) in [4.78, 5) is 25.9. The molecule has 2 amide bonds. The molecule has 5 nitrogen and oxygen atoms in total. The molecule has 0 bridgehead atoms. The van der Waals surface area contributed by atoms with Crippen LogP contribution < -0.4 is 10.6 Å². The molecule has 0 spiro atoms. The normalized spacial score (nSPS) is 9.21. The third-order valence-corrected chi connectivity index (χ3v) is 1.62. The van der Waals surface area contributed by atoms with Gasteiger partial charge < -0.3 is 10.6 Å². The van der Waals surface area contributed by atoms with Crippen molar-refractivity contribution in [3.63, 3.8) is 0 Å². The molecule has 1 rings (SSSR count). The van der Waals surface area contributed by atoms with Crippen molar-refractivity contribution < 1.29 is 9.59 Å². The smallest absolute Gasteiger partial charge is 0.314 e. The maximum Gasteiger partial charge on any atom is 0.314 e. The Morgan fingerprint density at radius 2 is 2.29 bits per heavy atom. The van der Waals surface area contributed by atoms with Crippen LogP contribution in [0.3, 0.4) is 0 Å². The van der Waals surface area contributed by atoms with Gasteiger partial charge in [0.25, 0.3) is 0 Å². The van der Waals surface area contributed by atoms with Gasteiger partial charge in [-0.3, -0.25) is 9.78 Å². The number of ketones is 1. The zero-order valence-electron chi connectivity index (χ0n) is 7.78. The van der Waals surface area contributed by atoms with E-state index in [0.29, 0.717) is 5.56 Å². The van der Waals surface area contributed by atoms with E-state index in [-0.39, 0.29) is 18.4 Å². The summed E-state index contributed by atoms with van der Waals surface area (Å²) in [6.45, 7) is -0.0225. The Morgan fingerprint density at radius 1 is 1.50 bits per heavy atom. The SMILES string of the molecule is CNC(=O)NCC(=O)c1cccnc1. The lowest BCUT2D eigenvalue weighted by molar-refractivity contribution is 0.0992. The average molecular weight is 193 g/mol. The first-order valence-electron chi connectivity index (χ1n) is 4.13. The van der Waals surface area contributed by atoms with Crippen molar-refractivity contribution in [3.8, 4) is 0 Å². The number of amides is 2. The van der Waals surface area contributed by atoms with Crippen molar-refractivity contribution in [2.45, 2.75) is 0 Å². The maximum atomic E-state index is 11.4. The van der Waals surface area contributed by atoms with Crippen molar-refractivity contribution >= 4 is 11.8 Å². The Balaban J connectivity index is 2.48. The summed E-state index contributed by atoms with van der Waals surface area (Å²) in [6.07, 6.45) is 3.05. The number of pyridine rings is 1. The minimum atomic E-state index is -0.373. The lowest BCUT2D eigenvalue weighted by Crippen LogP contribution is -2.36. The predicted molar refractivity (Wildman–Crippen MR) is 51.0 cm³/mol. The number of carbonyl (C=O) groups excluding carboxylic acids is 2. The molecule has 1 aromatic rings. The minimum Gasteiger partial charge on any atom is -0.341 e. The van der Waals surface area contributed by atoms with Gasteiger partial charge >= 0.3 is 6.03 Å². The molecule has 0 saturated heterocycles. The number of urea groups is 1. The van der Waals surface area contributed by atoms with Crippen LogP contribution in [0.4, 0.5) is 4.79 Å². The number of hydrogen-bond acceptors (Lipinski definition) is 3. The highest BCUT2D eigenvalue weighted by molar-refractivity contribution is 5.98. The van der Waals surface area contributed by atoms with E-state index in [1.165, 1.54) is 13.2 Å². The number of aromatic nitrogens is 1. The van der Waals surface area contributed by atoms with Crippen molar-refractivity contribution in [2.75, 3.05) is 13.6 Å². The summed E-state index contributed by atoms with van der Waals surface area (Å²) in [5.41, 5.74) is 0.490. The Bertz CT molecular complexity index is 324. The number of Topliss-reactive ketones (excluding diaryl/α,β-unsaturated/α-hetero) is 1. The van der Waals surface area contributed by atoms with Crippen molar-refractivity contribution in [2.24, 2.45) is 0 Å². The van der Waals surface area contributed by atoms with Crippen LogP contribution >= 0.6 is 0 Å². The van der Waals surface area contributed by atoms with Crippen LogP contribution in [-0.2, 0) is 0 Å². The van der Waals surface area contributed by atoms with Crippen LogP contribution in [-0.4, -0.2) is 30.4 Å². The van der Waals surface area contributed by atoms with E-state index in [1.54, 1.807) is 18.3 Å². The lowest BCUT2D eigenvalue weighted by atomic mass is 10.2. The summed E-state index contributed by atoms with van der Waals surface area (Å²) in [7, 11) is 1.49. The molecule has 0 fully saturated rings. The minimum absolute atomic E-state index is 0.0225. The second-order valence-electron chi connectivity index (χ2n) is 2.60. The quantitative estimate of drug-likeness (QED) is 0.673. The first kappa shape index (κ1) is 10.2. The van der Waals surface area contributed by atoms with Gasteiger partial charge in [0.2, 0.25) is 0 Å². The van der Waals surface area contributed by atoms with E-state index < -0.39 is 0 Å². The van der Waals surface area contributed by atoms with E-state index >= 15 is 0 Å². The first-order chi connectivity index (χ1) is 6.74. The van der Waals surface area contributed by atoms with Crippen LogP contribution in [0.15, 0.2) is 24.5 Å². The van der Waals surface area contributed by atoms with Crippen molar-refractivity contribution in [3.05, 3.63) is 30.1 Å². The molecule has 0 aliphatic carbocycles. The van der Waals surface area contributed by atoms with Gasteiger partial charge in [0.1, 0.15) is 0 Å². The van der Waals surface area contributed by atoms with E-state index in [2.05, 4.69) is 15.6 Å². The Hall–Kier alpha value is -1.91. The molecular formula is C9H11N3O2. The molecule has 0 saturated carbocycles. The fourth-order valence-electron chi connectivity index (χ4n) is 0.879. The van der Waals surface area contributed by atoms with Gasteiger partial charge in [0, 0.05) is 25.0 Å². The fourth-order valence-corrected chi connectivity index (χ4v) is 0.879. The van der Waals surface area contributed by atoms with Gasteiger partial charge in [0.05, 0.1) is 6.54 Å². The molecular weight excluding hydrogens is 182 g/mol. The summed E-state index contributed by atoms with van der Waals surface area (Å²) < 4.78 is 0. The zero-order valence-corrected chi connectivity index (χ0v) is 7.78. The summed E-state index contributed by atoms with van der Waals surface area (Å²) in [5.74, 6) is -0.165. The zero-order chi connectivity index (χ0) is 10.4. The van der Waals surface area contributed by atoms with Crippen LogP contribution in [0.1, 0.15) is 10.4 Å². The molecule has 0 aromatic carbocycles.